The van der Waals surface area contributed by atoms with Gasteiger partial charge < -0.3 is 9.64 Å². The number of ether oxygens (including phenoxy) is 1. The number of hydrogen-bond acceptors (Lipinski definition) is 3. The van der Waals surface area contributed by atoms with Crippen molar-refractivity contribution >= 4 is 17.6 Å². The maximum absolute atomic E-state index is 13.2. The van der Waals surface area contributed by atoms with Gasteiger partial charge in [-0.25, -0.2) is 0 Å². The van der Waals surface area contributed by atoms with Gasteiger partial charge in [0, 0.05) is 11.3 Å². The Morgan fingerprint density at radius 2 is 1.56 bits per heavy atom. The predicted molar refractivity (Wildman–Crippen MR) is 128 cm³/mol. The van der Waals surface area contributed by atoms with E-state index in [1.807, 2.05) is 64.1 Å². The van der Waals surface area contributed by atoms with E-state index < -0.39 is 5.60 Å². The first-order chi connectivity index (χ1) is 15.1. The van der Waals surface area contributed by atoms with Crippen LogP contribution in [0, 0.1) is 6.92 Å². The first-order valence-electron chi connectivity index (χ1n) is 11.0. The Kier molecular flexibility index (Phi) is 5.64. The summed E-state index contributed by atoms with van der Waals surface area (Å²) in [5.41, 5.74) is 6.30. The Hall–Kier alpha value is -3.40. The second-order valence-electron chi connectivity index (χ2n) is 9.48. The summed E-state index contributed by atoms with van der Waals surface area (Å²) in [6, 6.07) is 22.0. The van der Waals surface area contributed by atoms with E-state index in [9.17, 15) is 9.59 Å². The van der Waals surface area contributed by atoms with Gasteiger partial charge in [-0.1, -0.05) is 54.1 Å². The lowest BCUT2D eigenvalue weighted by Crippen LogP contribution is -2.27. The molecule has 3 aromatic rings. The molecule has 3 aromatic carbocycles. The molecule has 1 heterocycles. The number of amides is 1. The summed E-state index contributed by atoms with van der Waals surface area (Å²) in [4.78, 5) is 27.3. The molecule has 4 rings (SSSR count). The number of anilines is 1. The van der Waals surface area contributed by atoms with E-state index in [1.165, 1.54) is 5.56 Å². The number of esters is 1. The highest BCUT2D eigenvalue weighted by Crippen LogP contribution is 2.32. The van der Waals surface area contributed by atoms with E-state index in [0.29, 0.717) is 6.54 Å². The first kappa shape index (κ1) is 21.8. The highest BCUT2D eigenvalue weighted by atomic mass is 16.6. The fraction of sp³-hybridized carbons (Fsp3) is 0.286. The molecular formula is C28H29NO3. The van der Waals surface area contributed by atoms with E-state index in [-0.39, 0.29) is 17.8 Å². The van der Waals surface area contributed by atoms with E-state index in [2.05, 4.69) is 37.3 Å². The van der Waals surface area contributed by atoms with E-state index >= 15 is 0 Å². The number of benzene rings is 3. The van der Waals surface area contributed by atoms with Crippen LogP contribution in [-0.4, -0.2) is 17.5 Å². The quantitative estimate of drug-likeness (QED) is 0.461. The lowest BCUT2D eigenvalue weighted by atomic mass is 10.00. The number of carbonyl (C=O) groups is 2. The van der Waals surface area contributed by atoms with Gasteiger partial charge >= 0.3 is 5.97 Å². The molecule has 0 N–H and O–H groups in total. The maximum atomic E-state index is 13.2. The molecule has 0 spiro atoms. The monoisotopic (exact) mass is 427 g/mol. The zero-order valence-corrected chi connectivity index (χ0v) is 19.3. The van der Waals surface area contributed by atoms with E-state index in [4.69, 9.17) is 4.74 Å². The minimum Gasteiger partial charge on any atom is -0.460 e. The number of aryl methyl sites for hydroxylation is 1. The Morgan fingerprint density at radius 1 is 0.938 bits per heavy atom. The molecule has 1 aliphatic rings. The minimum absolute atomic E-state index is 0.00176. The maximum Gasteiger partial charge on any atom is 0.313 e. The van der Waals surface area contributed by atoms with Crippen molar-refractivity contribution in [1.82, 2.24) is 0 Å². The number of hydrogen-bond donors (Lipinski definition) is 0. The molecule has 4 nitrogen and oxygen atoms in total. The lowest BCUT2D eigenvalue weighted by molar-refractivity contribution is -0.156. The molecule has 1 amide bonds. The first-order valence-corrected chi connectivity index (χ1v) is 11.0. The third-order valence-corrected chi connectivity index (χ3v) is 5.76. The normalized spacial score (nSPS) is 14.3. The summed E-state index contributed by atoms with van der Waals surface area (Å²) in [6.07, 6.45) is 0. The molecule has 0 fully saturated rings. The van der Waals surface area contributed by atoms with Crippen LogP contribution in [0.2, 0.25) is 0 Å². The van der Waals surface area contributed by atoms with Gasteiger partial charge in [0.2, 0.25) is 0 Å². The Labute approximate surface area is 189 Å². The molecule has 1 aliphatic heterocycles. The molecule has 0 aromatic heterocycles. The van der Waals surface area contributed by atoms with Crippen LogP contribution in [0.3, 0.4) is 0 Å². The van der Waals surface area contributed by atoms with Gasteiger partial charge in [0.15, 0.2) is 0 Å². The Balaban J connectivity index is 1.52. The topological polar surface area (TPSA) is 46.6 Å². The standard InChI is InChI=1S/C28H29NO3/c1-18-6-8-21(9-7-18)22-10-11-23-17-29(26(30)25(23)16-22)24-14-12-20(13-15-24)19(2)27(31)32-28(3,4)5/h6-16,19H,17H2,1-5H3. The van der Waals surface area contributed by atoms with Crippen LogP contribution in [0.1, 0.15) is 60.7 Å². The van der Waals surface area contributed by atoms with Crippen LogP contribution < -0.4 is 4.90 Å². The largest absolute Gasteiger partial charge is 0.460 e. The molecule has 0 aliphatic carbocycles. The van der Waals surface area contributed by atoms with Crippen LogP contribution in [0.4, 0.5) is 5.69 Å². The molecular weight excluding hydrogens is 398 g/mol. The number of rotatable bonds is 4. The summed E-state index contributed by atoms with van der Waals surface area (Å²) >= 11 is 0. The number of carbonyl (C=O) groups excluding carboxylic acids is 2. The SMILES string of the molecule is Cc1ccc(-c2ccc3c(c2)C(=O)N(c2ccc(C(C)C(=O)OC(C)(C)C)cc2)C3)cc1. The van der Waals surface area contributed by atoms with Crippen LogP contribution in [0.25, 0.3) is 11.1 Å². The van der Waals surface area contributed by atoms with Crippen LogP contribution in [-0.2, 0) is 16.1 Å². The van der Waals surface area contributed by atoms with Crippen molar-refractivity contribution < 1.29 is 14.3 Å². The molecule has 0 saturated heterocycles. The molecule has 32 heavy (non-hydrogen) atoms. The second-order valence-corrected chi connectivity index (χ2v) is 9.48. The van der Waals surface area contributed by atoms with Gasteiger partial charge in [0.1, 0.15) is 5.60 Å². The van der Waals surface area contributed by atoms with Gasteiger partial charge in [-0.05, 0) is 75.1 Å². The zero-order chi connectivity index (χ0) is 23.0. The number of nitrogens with zero attached hydrogens (tertiary/aromatic N) is 1. The van der Waals surface area contributed by atoms with Gasteiger partial charge in [-0.15, -0.1) is 0 Å². The van der Waals surface area contributed by atoms with Crippen molar-refractivity contribution in [2.24, 2.45) is 0 Å². The van der Waals surface area contributed by atoms with Gasteiger partial charge in [0.25, 0.3) is 5.91 Å². The fourth-order valence-corrected chi connectivity index (χ4v) is 3.90. The van der Waals surface area contributed by atoms with Gasteiger partial charge in [-0.3, -0.25) is 9.59 Å². The van der Waals surface area contributed by atoms with Crippen molar-refractivity contribution in [1.29, 1.82) is 0 Å². The highest BCUT2D eigenvalue weighted by molar-refractivity contribution is 6.10. The average molecular weight is 428 g/mol. The lowest BCUT2D eigenvalue weighted by Gasteiger charge is -2.23. The smallest absolute Gasteiger partial charge is 0.313 e. The molecule has 1 unspecified atom stereocenters. The molecule has 164 valence electrons. The average Bonchev–Trinajstić information content (AvgIpc) is 3.08. The van der Waals surface area contributed by atoms with Crippen LogP contribution in [0.5, 0.6) is 0 Å². The Bertz CT molecular complexity index is 1150. The Morgan fingerprint density at radius 3 is 2.19 bits per heavy atom. The molecule has 0 saturated carbocycles. The summed E-state index contributed by atoms with van der Waals surface area (Å²) < 4.78 is 5.49. The highest BCUT2D eigenvalue weighted by Gasteiger charge is 2.29. The van der Waals surface area contributed by atoms with Crippen molar-refractivity contribution in [2.75, 3.05) is 4.90 Å². The fourth-order valence-electron chi connectivity index (χ4n) is 3.90. The van der Waals surface area contributed by atoms with Crippen LogP contribution in [0.15, 0.2) is 66.7 Å². The van der Waals surface area contributed by atoms with Crippen molar-refractivity contribution in [3.05, 3.63) is 89.0 Å². The molecule has 0 bridgehead atoms. The van der Waals surface area contributed by atoms with Crippen molar-refractivity contribution in [3.8, 4) is 11.1 Å². The molecule has 1 atom stereocenters. The third-order valence-electron chi connectivity index (χ3n) is 5.76. The van der Waals surface area contributed by atoms with E-state index in [1.54, 1.807) is 4.90 Å². The van der Waals surface area contributed by atoms with Gasteiger partial charge in [0.05, 0.1) is 12.5 Å². The minimum atomic E-state index is -0.517. The second kappa shape index (κ2) is 8.27. The number of fused-ring (bicyclic) bond motifs is 1. The van der Waals surface area contributed by atoms with Crippen molar-refractivity contribution in [3.63, 3.8) is 0 Å². The molecule has 4 heteroatoms. The summed E-state index contributed by atoms with van der Waals surface area (Å²) in [5.74, 6) is -0.618. The summed E-state index contributed by atoms with van der Waals surface area (Å²) in [6.45, 7) is 10.0. The predicted octanol–water partition coefficient (Wildman–Crippen LogP) is 6.27. The zero-order valence-electron chi connectivity index (χ0n) is 19.3. The summed E-state index contributed by atoms with van der Waals surface area (Å²) in [7, 11) is 0. The van der Waals surface area contributed by atoms with Crippen molar-refractivity contribution in [2.45, 2.75) is 52.7 Å². The summed E-state index contributed by atoms with van der Waals surface area (Å²) in [5, 5.41) is 0. The van der Waals surface area contributed by atoms with Gasteiger partial charge in [-0.2, -0.15) is 0 Å². The molecule has 0 radical (unpaired) electrons. The van der Waals surface area contributed by atoms with Crippen LogP contribution >= 0.6 is 0 Å². The van der Waals surface area contributed by atoms with E-state index in [0.717, 1.165) is 33.5 Å². The third kappa shape index (κ3) is 4.45.